The van der Waals surface area contributed by atoms with Crippen molar-refractivity contribution >= 4 is 78.3 Å². The Bertz CT molecular complexity index is 1440. The minimum absolute atomic E-state index is 0.419. The number of rotatable bonds is 7. The molecule has 0 aromatic heterocycles. The number of hydrogen-bond acceptors (Lipinski definition) is 8. The van der Waals surface area contributed by atoms with Crippen molar-refractivity contribution in [3.8, 4) is 0 Å². The molecule has 2 atom stereocenters. The summed E-state index contributed by atoms with van der Waals surface area (Å²) < 4.78 is 67.9. The van der Waals surface area contributed by atoms with E-state index in [0.717, 1.165) is 15.4 Å². The minimum atomic E-state index is -4.54. The Morgan fingerprint density at radius 1 is 1.14 bits per heavy atom. The van der Waals surface area contributed by atoms with Gasteiger partial charge in [-0.25, -0.2) is 8.42 Å². The lowest BCUT2D eigenvalue weighted by Crippen LogP contribution is -3.10. The highest BCUT2D eigenvalue weighted by Gasteiger charge is 2.36. The van der Waals surface area contributed by atoms with E-state index >= 15 is 0 Å². The van der Waals surface area contributed by atoms with Crippen LogP contribution >= 0.6 is 46.7 Å². The molecule has 35 heavy (non-hydrogen) atoms. The third-order valence-corrected chi connectivity index (χ3v) is 9.40. The Labute approximate surface area is 222 Å². The highest BCUT2D eigenvalue weighted by atomic mass is 35.5. The van der Waals surface area contributed by atoms with E-state index in [-0.39, 0.29) is 0 Å². The number of hydrogen-bond donors (Lipinski definition) is 2. The highest BCUT2D eigenvalue weighted by molar-refractivity contribution is 8.03. The number of quaternary nitrogens is 1. The summed E-state index contributed by atoms with van der Waals surface area (Å²) in [5, 5.41) is 1.01. The Balaban J connectivity index is 1.72. The maximum atomic E-state index is 11.7. The van der Waals surface area contributed by atoms with Gasteiger partial charge in [0.1, 0.15) is 15.8 Å². The summed E-state index contributed by atoms with van der Waals surface area (Å²) in [5.74, 6) is -1.29. The summed E-state index contributed by atoms with van der Waals surface area (Å²) in [6.07, 6.45) is 4.21. The second-order valence-electron chi connectivity index (χ2n) is 7.84. The van der Waals surface area contributed by atoms with Gasteiger partial charge in [0.15, 0.2) is 17.1 Å². The molecule has 2 aromatic rings. The van der Waals surface area contributed by atoms with Gasteiger partial charge in [0.25, 0.3) is 10.1 Å². The zero-order chi connectivity index (χ0) is 25.5. The van der Waals surface area contributed by atoms with Crippen LogP contribution in [0.1, 0.15) is 13.3 Å². The maximum Gasteiger partial charge on any atom is 0.283 e. The molecule has 2 aliphatic rings. The molecule has 2 aromatic carbocycles. The van der Waals surface area contributed by atoms with Crippen molar-refractivity contribution in [2.24, 2.45) is 0 Å². The van der Waals surface area contributed by atoms with Crippen LogP contribution in [-0.2, 0) is 20.2 Å². The van der Waals surface area contributed by atoms with Crippen molar-refractivity contribution in [1.82, 2.24) is 0 Å². The van der Waals surface area contributed by atoms with Gasteiger partial charge in [-0.05, 0) is 54.5 Å². The van der Waals surface area contributed by atoms with Crippen LogP contribution in [0, 0.1) is 0 Å². The molecule has 0 aliphatic carbocycles. The van der Waals surface area contributed by atoms with E-state index in [4.69, 9.17) is 23.2 Å². The summed E-state index contributed by atoms with van der Waals surface area (Å²) in [5.41, 5.74) is 1.99. The van der Waals surface area contributed by atoms with Gasteiger partial charge in [0.05, 0.1) is 15.6 Å². The smallest absolute Gasteiger partial charge is 0.283 e. The number of benzene rings is 2. The van der Waals surface area contributed by atoms with Crippen molar-refractivity contribution in [3.63, 3.8) is 0 Å². The Morgan fingerprint density at radius 2 is 1.80 bits per heavy atom. The summed E-state index contributed by atoms with van der Waals surface area (Å²) in [7, 11) is -8.88. The molecule has 2 heterocycles. The minimum Gasteiger partial charge on any atom is -0.744 e. The van der Waals surface area contributed by atoms with Gasteiger partial charge in [-0.3, -0.25) is 9.45 Å². The fourth-order valence-corrected chi connectivity index (χ4v) is 8.10. The number of fused-ring (bicyclic) bond motifs is 2. The second kappa shape index (κ2) is 10.3. The Morgan fingerprint density at radius 3 is 2.43 bits per heavy atom. The van der Waals surface area contributed by atoms with E-state index in [1.54, 1.807) is 42.5 Å². The average Bonchev–Trinajstić information content (AvgIpc) is 3.23. The first-order chi connectivity index (χ1) is 16.3. The first-order valence-electron chi connectivity index (χ1n) is 10.2. The van der Waals surface area contributed by atoms with Gasteiger partial charge in [-0.2, -0.15) is 8.42 Å². The first-order valence-corrected chi connectivity index (χ1v) is 15.8. The van der Waals surface area contributed by atoms with Gasteiger partial charge < -0.3 is 9.45 Å². The van der Waals surface area contributed by atoms with E-state index in [2.05, 4.69) is 0 Å². The lowest BCUT2D eigenvalue weighted by Gasteiger charge is -2.21. The highest BCUT2D eigenvalue weighted by Crippen LogP contribution is 2.47. The molecule has 0 radical (unpaired) electrons. The number of nitrogens with one attached hydrogen (secondary N) is 1. The monoisotopic (exact) mass is 594 g/mol. The van der Waals surface area contributed by atoms with Crippen LogP contribution in [0.4, 0.5) is 11.4 Å². The summed E-state index contributed by atoms with van der Waals surface area (Å²) >= 11 is 15.0. The quantitative estimate of drug-likeness (QED) is 0.457. The molecular formula is C21H20Cl2N2O6S4. The number of halogens is 2. The molecule has 2 unspecified atom stereocenters. The average molecular weight is 596 g/mol. The third-order valence-electron chi connectivity index (χ3n) is 5.28. The zero-order valence-electron chi connectivity index (χ0n) is 18.1. The zero-order valence-corrected chi connectivity index (χ0v) is 22.9. The molecule has 0 saturated carbocycles. The van der Waals surface area contributed by atoms with Crippen LogP contribution in [0.3, 0.4) is 0 Å². The summed E-state index contributed by atoms with van der Waals surface area (Å²) in [6, 6.07) is 10.2. The molecular weight excluding hydrogens is 575 g/mol. The van der Waals surface area contributed by atoms with Crippen molar-refractivity contribution in [2.45, 2.75) is 28.5 Å². The Hall–Kier alpha value is -1.22. The molecule has 8 nitrogen and oxygen atoms in total. The number of anilines is 1. The normalized spacial score (nSPS) is 21.5. The molecule has 0 amide bonds. The topological polar surface area (TPSA) is 119 Å². The van der Waals surface area contributed by atoms with Crippen LogP contribution in [0.25, 0.3) is 0 Å². The molecule has 2 N–H and O–H groups in total. The van der Waals surface area contributed by atoms with Crippen LogP contribution in [0.2, 0.25) is 10.0 Å². The fraction of sp³-hybridized carbons (Fsp3) is 0.238. The molecule has 0 saturated heterocycles. The molecule has 0 fully saturated rings. The lowest BCUT2D eigenvalue weighted by atomic mass is 10.1. The number of nitrogens with zero attached hydrogens (tertiary/aromatic N) is 1. The summed E-state index contributed by atoms with van der Waals surface area (Å²) in [6.45, 7) is 1.91. The van der Waals surface area contributed by atoms with E-state index in [9.17, 15) is 25.9 Å². The van der Waals surface area contributed by atoms with E-state index in [1.807, 2.05) is 13.0 Å². The van der Waals surface area contributed by atoms with Gasteiger partial charge in [0, 0.05) is 21.0 Å². The van der Waals surface area contributed by atoms with Crippen LogP contribution < -0.4 is 9.80 Å². The van der Waals surface area contributed by atoms with E-state index in [0.29, 0.717) is 37.8 Å². The van der Waals surface area contributed by atoms with Crippen molar-refractivity contribution in [1.29, 1.82) is 0 Å². The van der Waals surface area contributed by atoms with Gasteiger partial charge >= 0.3 is 0 Å². The van der Waals surface area contributed by atoms with Gasteiger partial charge in [0.2, 0.25) is 0 Å². The van der Waals surface area contributed by atoms with Crippen LogP contribution in [0.5, 0.6) is 0 Å². The number of thioether (sulfide) groups is 2. The SMILES string of the molecule is CCC(=CC1Sc2ccc(Cl)cc2[NH+]1CS(=O)(=O)[O-])C=C1Sc2ccc(Cl)cc2N1CS(=O)(=O)O. The predicted molar refractivity (Wildman–Crippen MR) is 139 cm³/mol. The van der Waals surface area contributed by atoms with Gasteiger partial charge in [-0.1, -0.05) is 53.6 Å². The predicted octanol–water partition coefficient (Wildman–Crippen LogP) is 4.08. The third kappa shape index (κ3) is 6.56. The lowest BCUT2D eigenvalue weighted by molar-refractivity contribution is -0.822. The van der Waals surface area contributed by atoms with Crippen molar-refractivity contribution < 1.29 is 30.8 Å². The van der Waals surface area contributed by atoms with E-state index < -0.39 is 37.4 Å². The first kappa shape index (κ1) is 26.8. The standard InChI is InChI=1S/C21H20Cl2N2O6S4/c1-2-13(7-20-24(11-34(26,27)28)16-9-14(22)3-5-18(16)32-20)8-21-25(12-35(29,30)31)17-10-15(23)4-6-19(17)33-21/h3-10,20H,2,11-12H2,1H3,(H,26,27,28)(H,29,30,31). The van der Waals surface area contributed by atoms with Gasteiger partial charge in [-0.15, -0.1) is 0 Å². The van der Waals surface area contributed by atoms with Crippen LogP contribution in [0.15, 0.2) is 68.9 Å². The Kier molecular flexibility index (Phi) is 7.87. The largest absolute Gasteiger partial charge is 0.744 e. The molecule has 14 heteroatoms. The summed E-state index contributed by atoms with van der Waals surface area (Å²) in [4.78, 5) is 3.52. The number of allylic oxidation sites excluding steroid dienone is 2. The molecule has 4 rings (SSSR count). The van der Waals surface area contributed by atoms with Crippen LogP contribution in [-0.4, -0.2) is 43.1 Å². The van der Waals surface area contributed by atoms with E-state index in [1.165, 1.54) is 28.4 Å². The fourth-order valence-electron chi connectivity index (χ4n) is 3.80. The van der Waals surface area contributed by atoms with Crippen molar-refractivity contribution in [3.05, 3.63) is 69.2 Å². The molecule has 2 aliphatic heterocycles. The molecule has 0 spiro atoms. The molecule has 0 bridgehead atoms. The second-order valence-corrected chi connectivity index (χ2v) is 13.8. The molecule has 188 valence electrons. The van der Waals surface area contributed by atoms with Crippen molar-refractivity contribution in [2.75, 3.05) is 16.7 Å². The maximum absolute atomic E-state index is 11.7.